The minimum absolute atomic E-state index is 0.149. The number of carbonyl (C=O) groups excluding carboxylic acids is 1. The number of hydrogen-bond donors (Lipinski definition) is 1. The van der Waals surface area contributed by atoms with E-state index in [1.54, 1.807) is 24.5 Å². The van der Waals surface area contributed by atoms with Gasteiger partial charge in [-0.15, -0.1) is 0 Å². The molecule has 0 saturated heterocycles. The fraction of sp³-hybridized carbons (Fsp3) is 0.143. The maximum Gasteiger partial charge on any atom is 0.257 e. The summed E-state index contributed by atoms with van der Waals surface area (Å²) in [7, 11) is 0. The Kier molecular flexibility index (Phi) is 4.17. The van der Waals surface area contributed by atoms with Crippen molar-refractivity contribution in [2.24, 2.45) is 0 Å². The number of rotatable bonds is 3. The summed E-state index contributed by atoms with van der Waals surface area (Å²) in [6.45, 7) is 1.01. The molecule has 0 unspecified atom stereocenters. The first-order valence-electron chi connectivity index (χ1n) is 8.48. The van der Waals surface area contributed by atoms with Crippen molar-refractivity contribution >= 4 is 23.0 Å². The Bertz CT molecular complexity index is 875. The summed E-state index contributed by atoms with van der Waals surface area (Å²) < 4.78 is 0. The summed E-state index contributed by atoms with van der Waals surface area (Å²) in [5.74, 6) is -0.149. The molecule has 25 heavy (non-hydrogen) atoms. The average Bonchev–Trinajstić information content (AvgIpc) is 2.69. The molecule has 0 fully saturated rings. The highest BCUT2D eigenvalue weighted by atomic mass is 16.1. The normalized spacial score (nSPS) is 13.2. The molecular weight excluding hydrogens is 310 g/mol. The van der Waals surface area contributed by atoms with Crippen LogP contribution in [0.15, 0.2) is 73.1 Å². The zero-order valence-electron chi connectivity index (χ0n) is 13.9. The van der Waals surface area contributed by atoms with Gasteiger partial charge in [0.15, 0.2) is 0 Å². The number of amides is 1. The van der Waals surface area contributed by atoms with Crippen molar-refractivity contribution < 1.29 is 4.79 Å². The topological polar surface area (TPSA) is 45.2 Å². The lowest BCUT2D eigenvalue weighted by molar-refractivity contribution is 0.102. The van der Waals surface area contributed by atoms with E-state index in [1.807, 2.05) is 12.1 Å². The summed E-state index contributed by atoms with van der Waals surface area (Å²) in [4.78, 5) is 18.5. The van der Waals surface area contributed by atoms with Gasteiger partial charge < -0.3 is 10.2 Å². The third kappa shape index (κ3) is 3.24. The molecule has 0 saturated carbocycles. The summed E-state index contributed by atoms with van der Waals surface area (Å²) in [6.07, 6.45) is 5.50. The number of benzene rings is 2. The van der Waals surface area contributed by atoms with Crippen LogP contribution in [0.4, 0.5) is 17.1 Å². The van der Waals surface area contributed by atoms with E-state index >= 15 is 0 Å². The molecule has 0 spiro atoms. The highest BCUT2D eigenvalue weighted by Gasteiger charge is 2.17. The van der Waals surface area contributed by atoms with Crippen LogP contribution in [0.25, 0.3) is 0 Å². The number of carbonyl (C=O) groups is 1. The molecule has 0 atom stereocenters. The molecule has 4 nitrogen and oxygen atoms in total. The molecule has 124 valence electrons. The van der Waals surface area contributed by atoms with Crippen molar-refractivity contribution in [2.45, 2.75) is 12.8 Å². The van der Waals surface area contributed by atoms with E-state index in [2.05, 4.69) is 51.6 Å². The Balaban J connectivity index is 1.52. The summed E-state index contributed by atoms with van der Waals surface area (Å²) in [5, 5.41) is 2.91. The van der Waals surface area contributed by atoms with Crippen molar-refractivity contribution in [3.8, 4) is 0 Å². The third-order valence-corrected chi connectivity index (χ3v) is 4.47. The first-order chi connectivity index (χ1) is 12.3. The maximum absolute atomic E-state index is 12.2. The Morgan fingerprint density at radius 2 is 1.84 bits per heavy atom. The highest BCUT2D eigenvalue weighted by Crippen LogP contribution is 2.33. The number of para-hydroxylation sites is 1. The van der Waals surface area contributed by atoms with Gasteiger partial charge in [-0.25, -0.2) is 0 Å². The van der Waals surface area contributed by atoms with E-state index in [4.69, 9.17) is 0 Å². The molecule has 0 aliphatic carbocycles. The first-order valence-corrected chi connectivity index (χ1v) is 8.48. The molecule has 1 amide bonds. The smallest absolute Gasteiger partial charge is 0.257 e. The summed E-state index contributed by atoms with van der Waals surface area (Å²) in [5.41, 5.74) is 5.15. The van der Waals surface area contributed by atoms with E-state index in [1.165, 1.54) is 11.3 Å². The van der Waals surface area contributed by atoms with Gasteiger partial charge in [-0.3, -0.25) is 9.78 Å². The van der Waals surface area contributed by atoms with Gasteiger partial charge in [0.2, 0.25) is 0 Å². The average molecular weight is 329 g/mol. The lowest BCUT2D eigenvalue weighted by Crippen LogP contribution is -2.24. The van der Waals surface area contributed by atoms with Crippen molar-refractivity contribution in [2.75, 3.05) is 16.8 Å². The Morgan fingerprint density at radius 3 is 2.64 bits per heavy atom. The number of anilines is 3. The lowest BCUT2D eigenvalue weighted by atomic mass is 10.0. The predicted molar refractivity (Wildman–Crippen MR) is 100 cm³/mol. The van der Waals surface area contributed by atoms with Gasteiger partial charge in [-0.1, -0.05) is 18.2 Å². The van der Waals surface area contributed by atoms with Gasteiger partial charge in [-0.2, -0.15) is 0 Å². The highest BCUT2D eigenvalue weighted by molar-refractivity contribution is 6.04. The number of aromatic nitrogens is 1. The largest absolute Gasteiger partial charge is 0.341 e. The monoisotopic (exact) mass is 329 g/mol. The van der Waals surface area contributed by atoms with Crippen LogP contribution in [-0.2, 0) is 6.42 Å². The van der Waals surface area contributed by atoms with Crippen LogP contribution in [0.1, 0.15) is 22.3 Å². The minimum atomic E-state index is -0.149. The van der Waals surface area contributed by atoms with Crippen LogP contribution in [0.3, 0.4) is 0 Å². The summed E-state index contributed by atoms with van der Waals surface area (Å²) in [6, 6.07) is 20.1. The lowest BCUT2D eigenvalue weighted by Gasteiger charge is -2.31. The van der Waals surface area contributed by atoms with Gasteiger partial charge >= 0.3 is 0 Å². The second-order valence-corrected chi connectivity index (χ2v) is 6.13. The van der Waals surface area contributed by atoms with Gasteiger partial charge in [0.1, 0.15) is 0 Å². The van der Waals surface area contributed by atoms with Crippen molar-refractivity contribution in [1.29, 1.82) is 0 Å². The van der Waals surface area contributed by atoms with E-state index in [9.17, 15) is 4.79 Å². The number of aryl methyl sites for hydroxylation is 1. The second-order valence-electron chi connectivity index (χ2n) is 6.13. The number of hydrogen-bond acceptors (Lipinski definition) is 3. The molecule has 1 aliphatic rings. The number of fused-ring (bicyclic) bond motifs is 1. The second kappa shape index (κ2) is 6.77. The third-order valence-electron chi connectivity index (χ3n) is 4.47. The van der Waals surface area contributed by atoms with E-state index < -0.39 is 0 Å². The molecule has 1 N–H and O–H groups in total. The van der Waals surface area contributed by atoms with Gasteiger partial charge in [0.05, 0.1) is 5.56 Å². The Labute approximate surface area is 147 Å². The summed E-state index contributed by atoms with van der Waals surface area (Å²) >= 11 is 0. The van der Waals surface area contributed by atoms with Gasteiger partial charge in [0.25, 0.3) is 5.91 Å². The van der Waals surface area contributed by atoms with Crippen molar-refractivity contribution in [3.63, 3.8) is 0 Å². The fourth-order valence-electron chi connectivity index (χ4n) is 3.23. The molecule has 0 radical (unpaired) electrons. The molecule has 1 aromatic heterocycles. The molecule has 0 bridgehead atoms. The molecule has 2 aromatic carbocycles. The SMILES string of the molecule is O=C(Nc1ccc(N2CCCc3ccccc32)cc1)c1cccnc1. The molecule has 2 heterocycles. The van der Waals surface area contributed by atoms with Crippen molar-refractivity contribution in [3.05, 3.63) is 84.2 Å². The van der Waals surface area contributed by atoms with Crippen LogP contribution in [0.2, 0.25) is 0 Å². The Hall–Kier alpha value is -3.14. The first kappa shape index (κ1) is 15.4. The number of nitrogens with one attached hydrogen (secondary N) is 1. The van der Waals surface area contributed by atoms with E-state index in [0.29, 0.717) is 5.56 Å². The van der Waals surface area contributed by atoms with Crippen LogP contribution < -0.4 is 10.2 Å². The van der Waals surface area contributed by atoms with Gasteiger partial charge in [-0.05, 0) is 60.9 Å². The predicted octanol–water partition coefficient (Wildman–Crippen LogP) is 4.42. The molecular formula is C21H19N3O. The van der Waals surface area contributed by atoms with Gasteiger partial charge in [0, 0.05) is 36.0 Å². The molecule has 4 rings (SSSR count). The molecule has 4 heteroatoms. The van der Waals surface area contributed by atoms with Crippen LogP contribution in [0, 0.1) is 0 Å². The standard InChI is InChI=1S/C21H19N3O/c25-21(17-6-3-13-22-15-17)23-18-9-11-19(12-10-18)24-14-4-7-16-5-1-2-8-20(16)24/h1-3,5-6,8-13,15H,4,7,14H2,(H,23,25). The molecule has 3 aromatic rings. The zero-order chi connectivity index (χ0) is 17.1. The van der Waals surface area contributed by atoms with Crippen LogP contribution >= 0.6 is 0 Å². The van der Waals surface area contributed by atoms with Crippen LogP contribution in [-0.4, -0.2) is 17.4 Å². The Morgan fingerprint density at radius 1 is 1.00 bits per heavy atom. The quantitative estimate of drug-likeness (QED) is 0.774. The van der Waals surface area contributed by atoms with Crippen LogP contribution in [0.5, 0.6) is 0 Å². The maximum atomic E-state index is 12.2. The molecule has 1 aliphatic heterocycles. The fourth-order valence-corrected chi connectivity index (χ4v) is 3.23. The number of pyridine rings is 1. The van der Waals surface area contributed by atoms with E-state index in [-0.39, 0.29) is 5.91 Å². The zero-order valence-corrected chi connectivity index (χ0v) is 13.9. The minimum Gasteiger partial charge on any atom is -0.341 e. The van der Waals surface area contributed by atoms with E-state index in [0.717, 1.165) is 30.8 Å². The van der Waals surface area contributed by atoms with Crippen molar-refractivity contribution in [1.82, 2.24) is 4.98 Å². The number of nitrogens with zero attached hydrogens (tertiary/aromatic N) is 2.